The fraction of sp³-hybridized carbons (Fsp3) is 0.500. The molecule has 10 heteroatoms. The molecule has 6 rings (SSSR count). The predicted molar refractivity (Wildman–Crippen MR) is 138 cm³/mol. The average Bonchev–Trinajstić information content (AvgIpc) is 2.82. The van der Waals surface area contributed by atoms with Crippen LogP contribution in [0.25, 0.3) is 0 Å². The molecule has 2 aromatic rings. The first-order valence-corrected chi connectivity index (χ1v) is 13.7. The number of urea groups is 1. The Kier molecular flexibility index (Phi) is 7.37. The molecule has 204 valence electrons. The second-order valence-electron chi connectivity index (χ2n) is 11.0. The lowest BCUT2D eigenvalue weighted by Gasteiger charge is -2.56. The van der Waals surface area contributed by atoms with Gasteiger partial charge in [-0.05, 0) is 108 Å². The number of hydrogen-bond donors (Lipinski definition) is 3. The second kappa shape index (κ2) is 10.4. The molecule has 1 unspecified atom stereocenters. The van der Waals surface area contributed by atoms with Crippen LogP contribution in [-0.2, 0) is 6.18 Å². The fourth-order valence-electron chi connectivity index (χ4n) is 6.93. The van der Waals surface area contributed by atoms with Crippen LogP contribution in [0.15, 0.2) is 46.9 Å². The molecular formula is C28H30BrF3N2O4. The van der Waals surface area contributed by atoms with Gasteiger partial charge < -0.3 is 20.5 Å². The van der Waals surface area contributed by atoms with Gasteiger partial charge in [-0.3, -0.25) is 0 Å². The quantitative estimate of drug-likeness (QED) is 0.309. The van der Waals surface area contributed by atoms with E-state index in [1.807, 2.05) is 0 Å². The van der Waals surface area contributed by atoms with Gasteiger partial charge in [0.25, 0.3) is 0 Å². The zero-order valence-electron chi connectivity index (χ0n) is 20.7. The average molecular weight is 595 g/mol. The summed E-state index contributed by atoms with van der Waals surface area (Å²) in [4.78, 5) is 24.1. The fourth-order valence-corrected chi connectivity index (χ4v) is 7.40. The Hall–Kier alpha value is -2.75. The van der Waals surface area contributed by atoms with Crippen molar-refractivity contribution in [2.75, 3.05) is 6.54 Å². The van der Waals surface area contributed by atoms with Crippen molar-refractivity contribution >= 4 is 27.9 Å². The summed E-state index contributed by atoms with van der Waals surface area (Å²) in [5, 5.41) is 15.4. The predicted octanol–water partition coefficient (Wildman–Crippen LogP) is 6.94. The van der Waals surface area contributed by atoms with Crippen LogP contribution in [0.2, 0.25) is 0 Å². The number of aromatic carboxylic acids is 1. The summed E-state index contributed by atoms with van der Waals surface area (Å²) < 4.78 is 45.8. The molecule has 4 aliphatic rings. The van der Waals surface area contributed by atoms with Gasteiger partial charge in [0.05, 0.1) is 15.6 Å². The first-order valence-electron chi connectivity index (χ1n) is 12.9. The molecule has 3 N–H and O–H groups in total. The maximum atomic E-state index is 13.1. The number of carbonyl (C=O) groups is 2. The van der Waals surface area contributed by atoms with E-state index in [4.69, 9.17) is 4.74 Å². The summed E-state index contributed by atoms with van der Waals surface area (Å²) in [6, 6.07) is 8.79. The van der Waals surface area contributed by atoms with Crippen LogP contribution in [0.1, 0.15) is 72.5 Å². The minimum Gasteiger partial charge on any atom is -0.484 e. The number of carboxylic acid groups (broad SMARTS) is 1. The number of halogens is 4. The summed E-state index contributed by atoms with van der Waals surface area (Å²) in [6.45, 7) is 0.245. The molecule has 0 spiro atoms. The third-order valence-electron chi connectivity index (χ3n) is 8.17. The van der Waals surface area contributed by atoms with Gasteiger partial charge in [-0.2, -0.15) is 13.2 Å². The molecule has 1 atom stereocenters. The zero-order chi connectivity index (χ0) is 27.1. The molecular weight excluding hydrogens is 565 g/mol. The molecule has 0 saturated heterocycles. The van der Waals surface area contributed by atoms with Crippen molar-refractivity contribution in [3.8, 4) is 5.75 Å². The number of rotatable bonds is 8. The van der Waals surface area contributed by atoms with E-state index in [0.717, 1.165) is 31.4 Å². The highest BCUT2D eigenvalue weighted by Crippen LogP contribution is 2.55. The van der Waals surface area contributed by atoms with Crippen molar-refractivity contribution in [3.63, 3.8) is 0 Å². The van der Waals surface area contributed by atoms with Crippen LogP contribution in [0.5, 0.6) is 5.75 Å². The Labute approximate surface area is 227 Å². The van der Waals surface area contributed by atoms with Crippen LogP contribution in [-0.4, -0.2) is 29.2 Å². The van der Waals surface area contributed by atoms with Crippen molar-refractivity contribution < 1.29 is 32.6 Å². The Balaban J connectivity index is 1.25. The number of alkyl halides is 3. The van der Waals surface area contributed by atoms with E-state index >= 15 is 0 Å². The lowest BCUT2D eigenvalue weighted by atomic mass is 9.53. The lowest BCUT2D eigenvalue weighted by Crippen LogP contribution is -2.61. The normalized spacial score (nSPS) is 26.6. The molecule has 0 aliphatic heterocycles. The van der Waals surface area contributed by atoms with E-state index in [-0.39, 0.29) is 23.7 Å². The highest BCUT2D eigenvalue weighted by molar-refractivity contribution is 9.10. The van der Waals surface area contributed by atoms with Crippen molar-refractivity contribution in [3.05, 3.63) is 63.6 Å². The summed E-state index contributed by atoms with van der Waals surface area (Å²) in [5.74, 6) is 1.35. The molecule has 4 saturated carbocycles. The lowest BCUT2D eigenvalue weighted by molar-refractivity contribution is -0.137. The van der Waals surface area contributed by atoms with Crippen LogP contribution < -0.4 is 15.4 Å². The number of hydrogen-bond acceptors (Lipinski definition) is 3. The first kappa shape index (κ1) is 26.8. The van der Waals surface area contributed by atoms with Gasteiger partial charge in [0.2, 0.25) is 0 Å². The van der Waals surface area contributed by atoms with Crippen LogP contribution in [0.4, 0.5) is 18.0 Å². The monoisotopic (exact) mass is 594 g/mol. The van der Waals surface area contributed by atoms with Gasteiger partial charge in [0.15, 0.2) is 0 Å². The highest BCUT2D eigenvalue weighted by Gasteiger charge is 2.51. The first-order chi connectivity index (χ1) is 18.0. The molecule has 2 aromatic carbocycles. The van der Waals surface area contributed by atoms with E-state index in [0.29, 0.717) is 40.0 Å². The summed E-state index contributed by atoms with van der Waals surface area (Å²) in [6.07, 6.45) is 2.09. The van der Waals surface area contributed by atoms with Gasteiger partial charge in [-0.1, -0.05) is 12.1 Å². The van der Waals surface area contributed by atoms with Crippen LogP contribution in [0, 0.1) is 17.8 Å². The van der Waals surface area contributed by atoms with Crippen molar-refractivity contribution in [1.82, 2.24) is 10.6 Å². The summed E-state index contributed by atoms with van der Waals surface area (Å²) in [5.41, 5.74) is -0.312. The number of carboxylic acids is 1. The maximum absolute atomic E-state index is 13.1. The topological polar surface area (TPSA) is 87.7 Å². The van der Waals surface area contributed by atoms with Gasteiger partial charge in [-0.15, -0.1) is 0 Å². The molecule has 2 amide bonds. The van der Waals surface area contributed by atoms with E-state index in [1.165, 1.54) is 49.6 Å². The highest BCUT2D eigenvalue weighted by atomic mass is 79.9. The third kappa shape index (κ3) is 5.95. The number of amides is 2. The Morgan fingerprint density at radius 3 is 2.16 bits per heavy atom. The Bertz CT molecular complexity index is 1170. The molecule has 0 radical (unpaired) electrons. The SMILES string of the molecule is O=C(NCCC(Oc1ccc(C(=O)O)cc1Br)c1ccc(C(F)(F)F)cc1)NC12CC3CC(CC(C3)C1)C2. The number of ether oxygens (including phenoxy) is 1. The molecule has 4 bridgehead atoms. The summed E-state index contributed by atoms with van der Waals surface area (Å²) >= 11 is 3.32. The van der Waals surface area contributed by atoms with Gasteiger partial charge in [-0.25, -0.2) is 9.59 Å². The van der Waals surface area contributed by atoms with E-state index < -0.39 is 23.8 Å². The summed E-state index contributed by atoms with van der Waals surface area (Å²) in [7, 11) is 0. The molecule has 0 aromatic heterocycles. The number of nitrogens with one attached hydrogen (secondary N) is 2. The van der Waals surface area contributed by atoms with Crippen molar-refractivity contribution in [2.45, 2.75) is 62.8 Å². The number of benzene rings is 2. The zero-order valence-corrected chi connectivity index (χ0v) is 22.3. The Morgan fingerprint density at radius 1 is 1.03 bits per heavy atom. The molecule has 38 heavy (non-hydrogen) atoms. The van der Waals surface area contributed by atoms with E-state index in [2.05, 4.69) is 26.6 Å². The standard InChI is InChI=1S/C28H30BrF3N2O4/c29-22-12-20(25(35)36)3-6-24(22)38-23(19-1-4-21(5-2-19)28(30,31)32)7-8-33-26(37)34-27-13-16-9-17(14-27)11-18(10-16)15-27/h1-6,12,16-18,23H,7-11,13-15H2,(H,35,36)(H2,33,34,37). The molecule has 6 nitrogen and oxygen atoms in total. The Morgan fingerprint density at radius 2 is 1.63 bits per heavy atom. The maximum Gasteiger partial charge on any atom is 0.416 e. The van der Waals surface area contributed by atoms with E-state index in [9.17, 15) is 27.9 Å². The van der Waals surface area contributed by atoms with Gasteiger partial charge in [0, 0.05) is 18.5 Å². The van der Waals surface area contributed by atoms with Gasteiger partial charge in [0.1, 0.15) is 11.9 Å². The van der Waals surface area contributed by atoms with Crippen molar-refractivity contribution in [1.29, 1.82) is 0 Å². The minimum atomic E-state index is -4.46. The minimum absolute atomic E-state index is 0.0679. The number of carbonyl (C=O) groups excluding carboxylic acids is 1. The molecule has 0 heterocycles. The molecule has 4 aliphatic carbocycles. The third-order valence-corrected chi connectivity index (χ3v) is 8.79. The second-order valence-corrected chi connectivity index (χ2v) is 11.9. The van der Waals surface area contributed by atoms with E-state index in [1.54, 1.807) is 0 Å². The largest absolute Gasteiger partial charge is 0.484 e. The smallest absolute Gasteiger partial charge is 0.416 e. The van der Waals surface area contributed by atoms with Crippen LogP contribution >= 0.6 is 15.9 Å². The van der Waals surface area contributed by atoms with Crippen LogP contribution in [0.3, 0.4) is 0 Å². The van der Waals surface area contributed by atoms with Gasteiger partial charge >= 0.3 is 18.2 Å². The van der Waals surface area contributed by atoms with Crippen molar-refractivity contribution in [2.24, 2.45) is 17.8 Å². The molecule has 4 fully saturated rings.